The predicted octanol–water partition coefficient (Wildman–Crippen LogP) is 1.47. The monoisotopic (exact) mass is 295 g/mol. The van der Waals surface area contributed by atoms with Gasteiger partial charge in [0.05, 0.1) is 5.92 Å². The molecular formula is C16H25NO4. The summed E-state index contributed by atoms with van der Waals surface area (Å²) in [7, 11) is 0. The standard InChI is InChI=1S/C16H25NO4/c1-12-14(8-9-18)16(20,21-11-19)15(2,17-12)10-13-6-4-3-5-7-13/h4,6,11,13-14,17-18,20H,1,3,5,7-10H2,2H3/t13?,14-,15?,16+/m0/s1. The number of nitrogens with one attached hydrogen (secondary N) is 1. The molecule has 2 rings (SSSR count). The molecule has 4 atom stereocenters. The Morgan fingerprint density at radius 2 is 2.38 bits per heavy atom. The molecule has 5 nitrogen and oxygen atoms in total. The molecule has 0 spiro atoms. The quantitative estimate of drug-likeness (QED) is 0.393. The van der Waals surface area contributed by atoms with Crippen molar-refractivity contribution in [2.45, 2.75) is 50.4 Å². The van der Waals surface area contributed by atoms with E-state index < -0.39 is 17.2 Å². The van der Waals surface area contributed by atoms with Crippen molar-refractivity contribution in [2.24, 2.45) is 11.8 Å². The average Bonchev–Trinajstić information content (AvgIpc) is 2.61. The van der Waals surface area contributed by atoms with Gasteiger partial charge in [-0.25, -0.2) is 0 Å². The van der Waals surface area contributed by atoms with Gasteiger partial charge in [0.2, 0.25) is 5.79 Å². The number of aliphatic hydroxyl groups excluding tert-OH is 1. The van der Waals surface area contributed by atoms with Gasteiger partial charge >= 0.3 is 0 Å². The van der Waals surface area contributed by atoms with E-state index in [1.165, 1.54) is 0 Å². The van der Waals surface area contributed by atoms with Crippen LogP contribution in [0.2, 0.25) is 0 Å². The molecule has 21 heavy (non-hydrogen) atoms. The number of aliphatic hydroxyl groups is 2. The molecule has 1 fully saturated rings. The number of rotatable bonds is 6. The van der Waals surface area contributed by atoms with Gasteiger partial charge in [0.15, 0.2) is 0 Å². The highest BCUT2D eigenvalue weighted by Gasteiger charge is 2.61. The Morgan fingerprint density at radius 3 is 2.95 bits per heavy atom. The van der Waals surface area contributed by atoms with Crippen LogP contribution in [0.5, 0.6) is 0 Å². The summed E-state index contributed by atoms with van der Waals surface area (Å²) in [5.41, 5.74) is -0.201. The molecule has 1 heterocycles. The van der Waals surface area contributed by atoms with Gasteiger partial charge in [-0.3, -0.25) is 4.79 Å². The summed E-state index contributed by atoms with van der Waals surface area (Å²) >= 11 is 0. The first-order chi connectivity index (χ1) is 9.97. The maximum absolute atomic E-state index is 11.0. The minimum atomic E-state index is -1.68. The number of carbonyl (C=O) groups excluding carboxylic acids is 1. The van der Waals surface area contributed by atoms with Crippen molar-refractivity contribution in [1.82, 2.24) is 5.32 Å². The predicted molar refractivity (Wildman–Crippen MR) is 79.1 cm³/mol. The van der Waals surface area contributed by atoms with E-state index in [1.54, 1.807) is 0 Å². The van der Waals surface area contributed by atoms with E-state index in [9.17, 15) is 15.0 Å². The van der Waals surface area contributed by atoms with Crippen molar-refractivity contribution in [3.63, 3.8) is 0 Å². The minimum absolute atomic E-state index is 0.102. The molecule has 3 N–H and O–H groups in total. The third kappa shape index (κ3) is 2.85. The van der Waals surface area contributed by atoms with E-state index in [2.05, 4.69) is 24.0 Å². The lowest BCUT2D eigenvalue weighted by atomic mass is 9.76. The molecule has 1 aliphatic heterocycles. The van der Waals surface area contributed by atoms with Crippen LogP contribution in [0.4, 0.5) is 0 Å². The third-order valence-corrected chi connectivity index (χ3v) is 4.79. The number of allylic oxidation sites excluding steroid dienone is 2. The molecule has 1 saturated heterocycles. The first-order valence-electron chi connectivity index (χ1n) is 7.55. The summed E-state index contributed by atoms with van der Waals surface area (Å²) in [4.78, 5) is 10.9. The van der Waals surface area contributed by atoms with Crippen LogP contribution in [-0.2, 0) is 9.53 Å². The molecule has 0 aromatic carbocycles. The second-order valence-electron chi connectivity index (χ2n) is 6.28. The Balaban J connectivity index is 2.26. The molecular weight excluding hydrogens is 270 g/mol. The van der Waals surface area contributed by atoms with E-state index in [-0.39, 0.29) is 13.1 Å². The first kappa shape index (κ1) is 16.0. The van der Waals surface area contributed by atoms with E-state index >= 15 is 0 Å². The SMILES string of the molecule is C=C1NC(C)(CC2C=CCCC2)[C@](O)(OC=O)[C@H]1CCO. The highest BCUT2D eigenvalue weighted by Crippen LogP contribution is 2.46. The Morgan fingerprint density at radius 1 is 1.62 bits per heavy atom. The molecule has 2 aliphatic rings. The van der Waals surface area contributed by atoms with Gasteiger partial charge in [-0.1, -0.05) is 18.7 Å². The maximum atomic E-state index is 11.0. The fourth-order valence-corrected chi connectivity index (χ4v) is 3.71. The zero-order chi connectivity index (χ0) is 15.5. The summed E-state index contributed by atoms with van der Waals surface area (Å²) in [6.45, 7) is 5.95. The zero-order valence-electron chi connectivity index (χ0n) is 12.5. The molecule has 0 radical (unpaired) electrons. The van der Waals surface area contributed by atoms with Gasteiger partial charge in [0.1, 0.15) is 5.54 Å². The summed E-state index contributed by atoms with van der Waals surface area (Å²) in [6, 6.07) is 0. The lowest BCUT2D eigenvalue weighted by Crippen LogP contribution is -2.58. The molecule has 0 aromatic rings. The second kappa shape index (κ2) is 6.20. The van der Waals surface area contributed by atoms with Crippen LogP contribution in [0.3, 0.4) is 0 Å². The molecule has 5 heteroatoms. The number of hydrogen-bond acceptors (Lipinski definition) is 5. The Hall–Kier alpha value is -1.33. The lowest BCUT2D eigenvalue weighted by Gasteiger charge is -2.41. The van der Waals surface area contributed by atoms with Gasteiger partial charge in [0, 0.05) is 12.3 Å². The Labute approximate surface area is 125 Å². The van der Waals surface area contributed by atoms with Crippen molar-refractivity contribution in [3.8, 4) is 0 Å². The summed E-state index contributed by atoms with van der Waals surface area (Å²) < 4.78 is 5.10. The van der Waals surface area contributed by atoms with Crippen molar-refractivity contribution >= 4 is 6.47 Å². The highest BCUT2D eigenvalue weighted by molar-refractivity contribution is 5.40. The van der Waals surface area contributed by atoms with Crippen molar-refractivity contribution < 1.29 is 19.7 Å². The maximum Gasteiger partial charge on any atom is 0.295 e. The van der Waals surface area contributed by atoms with Crippen molar-refractivity contribution in [3.05, 3.63) is 24.4 Å². The van der Waals surface area contributed by atoms with Crippen LogP contribution >= 0.6 is 0 Å². The number of ether oxygens (including phenoxy) is 1. The first-order valence-corrected chi connectivity index (χ1v) is 7.55. The van der Waals surface area contributed by atoms with Crippen LogP contribution in [0, 0.1) is 11.8 Å². The molecule has 0 amide bonds. The van der Waals surface area contributed by atoms with E-state index in [0.717, 1.165) is 19.3 Å². The van der Waals surface area contributed by atoms with Gasteiger partial charge in [-0.05, 0) is 44.9 Å². The van der Waals surface area contributed by atoms with Gasteiger partial charge in [0.25, 0.3) is 6.47 Å². The third-order valence-electron chi connectivity index (χ3n) is 4.79. The van der Waals surface area contributed by atoms with Crippen molar-refractivity contribution in [2.75, 3.05) is 6.61 Å². The van der Waals surface area contributed by atoms with E-state index in [0.29, 0.717) is 24.5 Å². The summed E-state index contributed by atoms with van der Waals surface area (Å²) in [5.74, 6) is -1.86. The Bertz CT molecular complexity index is 436. The van der Waals surface area contributed by atoms with Gasteiger partial charge in [-0.15, -0.1) is 0 Å². The van der Waals surface area contributed by atoms with Crippen LogP contribution in [0.1, 0.15) is 39.0 Å². The lowest BCUT2D eigenvalue weighted by molar-refractivity contribution is -0.238. The van der Waals surface area contributed by atoms with Crippen LogP contribution in [-0.4, -0.2) is 34.6 Å². The van der Waals surface area contributed by atoms with Crippen LogP contribution < -0.4 is 5.32 Å². The van der Waals surface area contributed by atoms with Gasteiger partial charge < -0.3 is 20.3 Å². The smallest absolute Gasteiger partial charge is 0.295 e. The summed E-state index contributed by atoms with van der Waals surface area (Å²) in [6.07, 6.45) is 8.55. The largest absolute Gasteiger partial charge is 0.432 e. The number of carbonyl (C=O) groups is 1. The van der Waals surface area contributed by atoms with Crippen molar-refractivity contribution in [1.29, 1.82) is 0 Å². The fraction of sp³-hybridized carbons (Fsp3) is 0.688. The van der Waals surface area contributed by atoms with Crippen LogP contribution in [0.25, 0.3) is 0 Å². The molecule has 0 bridgehead atoms. The fourth-order valence-electron chi connectivity index (χ4n) is 3.71. The van der Waals surface area contributed by atoms with Crippen LogP contribution in [0.15, 0.2) is 24.4 Å². The topological polar surface area (TPSA) is 78.8 Å². The highest BCUT2D eigenvalue weighted by atomic mass is 16.6. The molecule has 118 valence electrons. The molecule has 0 saturated carbocycles. The molecule has 1 aliphatic carbocycles. The summed E-state index contributed by atoms with van der Waals surface area (Å²) in [5, 5.41) is 23.4. The molecule has 0 aromatic heterocycles. The van der Waals surface area contributed by atoms with E-state index in [4.69, 9.17) is 4.74 Å². The minimum Gasteiger partial charge on any atom is -0.432 e. The Kier molecular flexibility index (Phi) is 4.74. The van der Waals surface area contributed by atoms with Gasteiger partial charge in [-0.2, -0.15) is 0 Å². The zero-order valence-corrected chi connectivity index (χ0v) is 12.5. The van der Waals surface area contributed by atoms with E-state index in [1.807, 2.05) is 6.92 Å². The number of hydrogen-bond donors (Lipinski definition) is 3. The second-order valence-corrected chi connectivity index (χ2v) is 6.28. The normalized spacial score (nSPS) is 39.1. The molecule has 2 unspecified atom stereocenters. The average molecular weight is 295 g/mol.